The van der Waals surface area contributed by atoms with Crippen LogP contribution in [0.3, 0.4) is 0 Å². The van der Waals surface area contributed by atoms with E-state index in [0.29, 0.717) is 0 Å². The molecule has 0 nitrogen and oxygen atoms in total. The second-order valence-electron chi connectivity index (χ2n) is 9.87. The molecule has 0 saturated carbocycles. The van der Waals surface area contributed by atoms with E-state index in [1.54, 1.807) is 0 Å². The first-order valence-corrected chi connectivity index (χ1v) is 13.1. The van der Waals surface area contributed by atoms with Gasteiger partial charge in [-0.05, 0) is 21.5 Å². The van der Waals surface area contributed by atoms with Crippen LogP contribution in [0.1, 0.15) is 0 Å². The van der Waals surface area contributed by atoms with Gasteiger partial charge in [0.05, 0.1) is 0 Å². The number of hydrogen-bond acceptors (Lipinski definition) is 0. The molecule has 0 N–H and O–H groups in total. The minimum Gasteiger partial charge on any atom is -1.00 e. The van der Waals surface area contributed by atoms with E-state index in [2.05, 4.69) is 158 Å². The Morgan fingerprint density at radius 2 is 0.659 bits per heavy atom. The molecule has 0 saturated heterocycles. The Morgan fingerprint density at radius 3 is 1.05 bits per heavy atom. The maximum absolute atomic E-state index is 2.27. The molecule has 0 spiro atoms. The fourth-order valence-electron chi connectivity index (χ4n) is 5.37. The van der Waals surface area contributed by atoms with Crippen LogP contribution in [-0.2, 0) is 26.2 Å². The molecule has 196 valence electrons. The van der Waals surface area contributed by atoms with Crippen LogP contribution in [0, 0.1) is 0 Å². The zero-order valence-electron chi connectivity index (χ0n) is 22.3. The Bertz CT molecular complexity index is 1830. The van der Waals surface area contributed by atoms with E-state index < -0.39 is 0 Å². The van der Waals surface area contributed by atoms with Gasteiger partial charge in [-0.1, -0.05) is 132 Å². The summed E-state index contributed by atoms with van der Waals surface area (Å²) in [5.41, 5.74) is 5.17. The Balaban J connectivity index is 0.000000176. The molecular formula is C38H26Cl2Zr. The van der Waals surface area contributed by atoms with Crippen molar-refractivity contribution in [3.8, 4) is 22.3 Å². The first-order chi connectivity index (χ1) is 18.8. The van der Waals surface area contributed by atoms with Crippen molar-refractivity contribution in [1.29, 1.82) is 0 Å². The van der Waals surface area contributed by atoms with Crippen molar-refractivity contribution in [2.45, 2.75) is 0 Å². The van der Waals surface area contributed by atoms with E-state index in [-0.39, 0.29) is 51.0 Å². The van der Waals surface area contributed by atoms with E-state index in [9.17, 15) is 0 Å². The van der Waals surface area contributed by atoms with Crippen molar-refractivity contribution >= 4 is 43.1 Å². The first kappa shape index (κ1) is 30.5. The molecule has 0 unspecified atom stereocenters. The van der Waals surface area contributed by atoms with Crippen molar-refractivity contribution in [2.24, 2.45) is 0 Å². The summed E-state index contributed by atoms with van der Waals surface area (Å²) in [7, 11) is 0. The standard InChI is InChI=1S/2C19H13.2ClH.Zr/c2*1-2-6-15-11-18(10-9-14(15)5-1)19-12-16-7-3-4-8-17(16)13-19;;;/h2*1-13H;2*1H;/q2*-1;;;+4/p-2. The van der Waals surface area contributed by atoms with E-state index in [1.165, 1.54) is 65.3 Å². The summed E-state index contributed by atoms with van der Waals surface area (Å²) in [4.78, 5) is 0. The SMILES string of the molecule is [Cl-].[Cl-].[Zr+4].c1ccc2cc(-c3cc4ccccc4[cH-]3)ccc2c1.c1ccc2cc(-c3cc4ccccc4[cH-]3)ccc2c1. The van der Waals surface area contributed by atoms with Gasteiger partial charge >= 0.3 is 26.2 Å². The van der Waals surface area contributed by atoms with E-state index in [0.717, 1.165) is 0 Å². The Hall–Kier alpha value is -3.48. The number of hydrogen-bond donors (Lipinski definition) is 0. The molecule has 0 fully saturated rings. The van der Waals surface area contributed by atoms with Gasteiger partial charge in [-0.2, -0.15) is 0 Å². The molecule has 0 radical (unpaired) electrons. The maximum Gasteiger partial charge on any atom is 4.00 e. The van der Waals surface area contributed by atoms with Crippen LogP contribution < -0.4 is 24.8 Å². The minimum atomic E-state index is 0. The molecule has 8 aromatic carbocycles. The van der Waals surface area contributed by atoms with Crippen molar-refractivity contribution in [1.82, 2.24) is 0 Å². The summed E-state index contributed by atoms with van der Waals surface area (Å²) in [6, 6.07) is 56.4. The first-order valence-electron chi connectivity index (χ1n) is 13.1. The van der Waals surface area contributed by atoms with Crippen molar-refractivity contribution in [2.75, 3.05) is 0 Å². The van der Waals surface area contributed by atoms with Gasteiger partial charge in [0, 0.05) is 0 Å². The molecular weight excluding hydrogens is 619 g/mol. The summed E-state index contributed by atoms with van der Waals surface area (Å²) in [6.45, 7) is 0. The van der Waals surface area contributed by atoms with Gasteiger partial charge in [0.2, 0.25) is 0 Å². The molecule has 0 aliphatic rings. The molecule has 0 heterocycles. The summed E-state index contributed by atoms with van der Waals surface area (Å²) in [5.74, 6) is 0. The van der Waals surface area contributed by atoms with Crippen LogP contribution in [0.4, 0.5) is 0 Å². The van der Waals surface area contributed by atoms with E-state index in [4.69, 9.17) is 0 Å². The number of benzene rings is 6. The predicted molar refractivity (Wildman–Crippen MR) is 165 cm³/mol. The van der Waals surface area contributed by atoms with Gasteiger partial charge in [-0.15, -0.1) is 69.1 Å². The Labute approximate surface area is 272 Å². The van der Waals surface area contributed by atoms with Crippen LogP contribution in [-0.4, -0.2) is 0 Å². The van der Waals surface area contributed by atoms with Gasteiger partial charge in [0.15, 0.2) is 0 Å². The fraction of sp³-hybridized carbons (Fsp3) is 0. The summed E-state index contributed by atoms with van der Waals surface area (Å²) >= 11 is 0. The monoisotopic (exact) mass is 642 g/mol. The van der Waals surface area contributed by atoms with Gasteiger partial charge in [0.1, 0.15) is 0 Å². The second kappa shape index (κ2) is 13.5. The second-order valence-corrected chi connectivity index (χ2v) is 9.87. The van der Waals surface area contributed by atoms with Crippen molar-refractivity contribution in [3.05, 3.63) is 158 Å². The van der Waals surface area contributed by atoms with Crippen LogP contribution in [0.15, 0.2) is 158 Å². The van der Waals surface area contributed by atoms with Crippen LogP contribution >= 0.6 is 0 Å². The van der Waals surface area contributed by atoms with Gasteiger partial charge in [0.25, 0.3) is 0 Å². The molecule has 0 atom stereocenters. The molecule has 0 aliphatic carbocycles. The predicted octanol–water partition coefficient (Wildman–Crippen LogP) is 4.76. The fourth-order valence-corrected chi connectivity index (χ4v) is 5.37. The third-order valence-electron chi connectivity index (χ3n) is 7.40. The molecule has 0 amide bonds. The molecule has 41 heavy (non-hydrogen) atoms. The van der Waals surface area contributed by atoms with E-state index in [1.807, 2.05) is 0 Å². The number of halogens is 2. The molecule has 0 bridgehead atoms. The summed E-state index contributed by atoms with van der Waals surface area (Å²) < 4.78 is 0. The summed E-state index contributed by atoms with van der Waals surface area (Å²) in [5, 5.41) is 10.4. The third kappa shape index (κ3) is 6.39. The van der Waals surface area contributed by atoms with Crippen LogP contribution in [0.5, 0.6) is 0 Å². The van der Waals surface area contributed by atoms with Crippen molar-refractivity contribution in [3.63, 3.8) is 0 Å². The molecule has 0 aromatic heterocycles. The topological polar surface area (TPSA) is 0 Å². The normalized spacial score (nSPS) is 10.3. The zero-order valence-corrected chi connectivity index (χ0v) is 26.2. The zero-order chi connectivity index (χ0) is 25.3. The summed E-state index contributed by atoms with van der Waals surface area (Å²) in [6.07, 6.45) is 0. The van der Waals surface area contributed by atoms with Gasteiger partial charge in [-0.25, -0.2) is 0 Å². The smallest absolute Gasteiger partial charge is 1.00 e. The largest absolute Gasteiger partial charge is 4.00 e. The third-order valence-corrected chi connectivity index (χ3v) is 7.40. The Morgan fingerprint density at radius 1 is 0.317 bits per heavy atom. The Kier molecular flexibility index (Phi) is 10.0. The quantitative estimate of drug-likeness (QED) is 0.238. The average Bonchev–Trinajstić information content (AvgIpc) is 3.62. The minimum absolute atomic E-state index is 0. The molecule has 8 aromatic rings. The molecule has 0 aliphatic heterocycles. The number of fused-ring (bicyclic) bond motifs is 4. The van der Waals surface area contributed by atoms with E-state index >= 15 is 0 Å². The number of rotatable bonds is 2. The molecule has 3 heteroatoms. The molecule has 8 rings (SSSR count). The average molecular weight is 645 g/mol. The van der Waals surface area contributed by atoms with Crippen LogP contribution in [0.25, 0.3) is 65.3 Å². The van der Waals surface area contributed by atoms with Gasteiger partial charge < -0.3 is 24.8 Å². The van der Waals surface area contributed by atoms with Gasteiger partial charge in [-0.3, -0.25) is 0 Å². The maximum atomic E-state index is 2.27. The van der Waals surface area contributed by atoms with Crippen molar-refractivity contribution < 1.29 is 51.0 Å². The van der Waals surface area contributed by atoms with Crippen LogP contribution in [0.2, 0.25) is 0 Å².